The zero-order chi connectivity index (χ0) is 21.2. The Morgan fingerprint density at radius 1 is 0.966 bits per heavy atom. The average molecular weight is 397 g/mol. The van der Waals surface area contributed by atoms with Crippen LogP contribution in [-0.4, -0.2) is 44.9 Å². The summed E-state index contributed by atoms with van der Waals surface area (Å²) >= 11 is 0. The minimum atomic E-state index is -0.248. The second-order valence-electron chi connectivity index (χ2n) is 6.92. The molecule has 3 amide bonds. The highest BCUT2D eigenvalue weighted by Gasteiger charge is 2.13. The van der Waals surface area contributed by atoms with Crippen molar-refractivity contribution >= 4 is 23.4 Å². The van der Waals surface area contributed by atoms with Crippen LogP contribution in [0.1, 0.15) is 28.4 Å². The van der Waals surface area contributed by atoms with Gasteiger partial charge in [0, 0.05) is 23.9 Å². The Balaban J connectivity index is 1.76. The fourth-order valence-corrected chi connectivity index (χ4v) is 2.99. The zero-order valence-corrected chi connectivity index (χ0v) is 17.2. The first-order valence-electron chi connectivity index (χ1n) is 9.69. The van der Waals surface area contributed by atoms with Crippen molar-refractivity contribution in [3.8, 4) is 0 Å². The molecule has 0 fully saturated rings. The van der Waals surface area contributed by atoms with Crippen molar-refractivity contribution in [3.63, 3.8) is 0 Å². The van der Waals surface area contributed by atoms with Gasteiger partial charge in [0.15, 0.2) is 6.54 Å². The van der Waals surface area contributed by atoms with E-state index < -0.39 is 0 Å². The van der Waals surface area contributed by atoms with Crippen molar-refractivity contribution in [2.75, 3.05) is 32.5 Å². The molecule has 1 unspecified atom stereocenters. The minimum absolute atomic E-state index is 0.0645. The first-order valence-corrected chi connectivity index (χ1v) is 9.69. The van der Waals surface area contributed by atoms with E-state index in [0.29, 0.717) is 12.1 Å². The monoisotopic (exact) mass is 397 g/mol. The molecule has 0 heterocycles. The molecule has 0 spiro atoms. The molecule has 7 nitrogen and oxygen atoms in total. The van der Waals surface area contributed by atoms with Crippen LogP contribution >= 0.6 is 0 Å². The Morgan fingerprint density at radius 3 is 2.31 bits per heavy atom. The van der Waals surface area contributed by atoms with Gasteiger partial charge in [0.1, 0.15) is 6.54 Å². The summed E-state index contributed by atoms with van der Waals surface area (Å²) in [6.45, 7) is 2.84. The number of rotatable bonds is 9. The van der Waals surface area contributed by atoms with Crippen LogP contribution in [0.3, 0.4) is 0 Å². The standard InChI is InChI=1S/C22H28N4O3/c1-4-17-7-5-6-8-19(17)25-20(27)13-24-21(28)15-26(3)14-16-9-11-18(12-10-16)22(29)23-2/h5-12H,4,13-15H2,1-3H3,(H,23,29)(H,24,28)(H,25,27)/p+1. The molecule has 7 heteroatoms. The SMILES string of the molecule is CCc1ccccc1NC(=O)CNC(=O)C[NH+](C)Cc1ccc(C(=O)NC)cc1. The molecular formula is C22H29N4O3+. The Bertz CT molecular complexity index is 849. The quantitative estimate of drug-likeness (QED) is 0.493. The van der Waals surface area contributed by atoms with Crippen LogP contribution in [0.2, 0.25) is 0 Å². The average Bonchev–Trinajstić information content (AvgIpc) is 2.72. The Kier molecular flexibility index (Phi) is 8.36. The summed E-state index contributed by atoms with van der Waals surface area (Å²) in [4.78, 5) is 36.8. The predicted molar refractivity (Wildman–Crippen MR) is 113 cm³/mol. The summed E-state index contributed by atoms with van der Waals surface area (Å²) in [6, 6.07) is 14.9. The molecule has 0 bridgehead atoms. The van der Waals surface area contributed by atoms with Gasteiger partial charge < -0.3 is 20.9 Å². The van der Waals surface area contributed by atoms with Crippen LogP contribution < -0.4 is 20.9 Å². The van der Waals surface area contributed by atoms with Gasteiger partial charge in [0.2, 0.25) is 5.91 Å². The third kappa shape index (κ3) is 7.04. The number of benzene rings is 2. The number of para-hydroxylation sites is 1. The summed E-state index contributed by atoms with van der Waals surface area (Å²) in [6.07, 6.45) is 0.820. The number of quaternary nitrogens is 1. The molecule has 0 radical (unpaired) electrons. The second kappa shape index (κ2) is 11.0. The Hall–Kier alpha value is -3.19. The third-order valence-electron chi connectivity index (χ3n) is 4.53. The van der Waals surface area contributed by atoms with E-state index >= 15 is 0 Å². The van der Waals surface area contributed by atoms with Crippen molar-refractivity contribution in [1.29, 1.82) is 0 Å². The summed E-state index contributed by atoms with van der Waals surface area (Å²) in [7, 11) is 3.50. The first kappa shape index (κ1) is 22.1. The van der Waals surface area contributed by atoms with Crippen molar-refractivity contribution in [2.24, 2.45) is 0 Å². The molecule has 0 saturated carbocycles. The molecule has 0 aliphatic carbocycles. The van der Waals surface area contributed by atoms with E-state index in [1.165, 1.54) is 0 Å². The van der Waals surface area contributed by atoms with E-state index in [4.69, 9.17) is 0 Å². The fourth-order valence-electron chi connectivity index (χ4n) is 2.99. The lowest BCUT2D eigenvalue weighted by Gasteiger charge is -2.14. The molecule has 2 aromatic rings. The number of nitrogens with one attached hydrogen (secondary N) is 4. The lowest BCUT2D eigenvalue weighted by Crippen LogP contribution is -3.08. The number of carbonyl (C=O) groups excluding carboxylic acids is 3. The van der Waals surface area contributed by atoms with Gasteiger partial charge in [-0.25, -0.2) is 0 Å². The van der Waals surface area contributed by atoms with E-state index in [2.05, 4.69) is 16.0 Å². The number of hydrogen-bond acceptors (Lipinski definition) is 3. The van der Waals surface area contributed by atoms with Gasteiger partial charge in [-0.15, -0.1) is 0 Å². The minimum Gasteiger partial charge on any atom is -0.355 e. The molecular weight excluding hydrogens is 368 g/mol. The highest BCUT2D eigenvalue weighted by molar-refractivity contribution is 5.95. The van der Waals surface area contributed by atoms with Gasteiger partial charge in [0.25, 0.3) is 11.8 Å². The van der Waals surface area contributed by atoms with Crippen LogP contribution in [0, 0.1) is 0 Å². The third-order valence-corrected chi connectivity index (χ3v) is 4.53. The van der Waals surface area contributed by atoms with Gasteiger partial charge in [-0.1, -0.05) is 37.3 Å². The predicted octanol–water partition coefficient (Wildman–Crippen LogP) is 0.378. The van der Waals surface area contributed by atoms with Crippen LogP contribution in [0.4, 0.5) is 5.69 Å². The normalized spacial score (nSPS) is 11.4. The number of hydrogen-bond donors (Lipinski definition) is 4. The van der Waals surface area contributed by atoms with Crippen molar-refractivity contribution in [2.45, 2.75) is 19.9 Å². The highest BCUT2D eigenvalue weighted by Crippen LogP contribution is 2.14. The maximum atomic E-state index is 12.1. The second-order valence-corrected chi connectivity index (χ2v) is 6.92. The van der Waals surface area contributed by atoms with Crippen LogP contribution in [0.5, 0.6) is 0 Å². The molecule has 29 heavy (non-hydrogen) atoms. The van der Waals surface area contributed by atoms with Crippen molar-refractivity contribution in [3.05, 3.63) is 65.2 Å². The van der Waals surface area contributed by atoms with E-state index in [1.54, 1.807) is 19.2 Å². The maximum Gasteiger partial charge on any atom is 0.275 e. The maximum absolute atomic E-state index is 12.1. The van der Waals surface area contributed by atoms with Crippen molar-refractivity contribution in [1.82, 2.24) is 10.6 Å². The Labute approximate surface area is 171 Å². The first-order chi connectivity index (χ1) is 13.9. The van der Waals surface area contributed by atoms with Gasteiger partial charge in [-0.2, -0.15) is 0 Å². The molecule has 0 aromatic heterocycles. The van der Waals surface area contributed by atoms with Crippen LogP contribution in [0.15, 0.2) is 48.5 Å². The lowest BCUT2D eigenvalue weighted by molar-refractivity contribution is -0.885. The van der Waals surface area contributed by atoms with Crippen molar-refractivity contribution < 1.29 is 19.3 Å². The molecule has 2 rings (SSSR count). The highest BCUT2D eigenvalue weighted by atomic mass is 16.2. The topological polar surface area (TPSA) is 91.7 Å². The zero-order valence-electron chi connectivity index (χ0n) is 17.2. The fraction of sp³-hybridized carbons (Fsp3) is 0.318. The summed E-state index contributed by atoms with van der Waals surface area (Å²) in [5.74, 6) is -0.568. The van der Waals surface area contributed by atoms with E-state index in [0.717, 1.165) is 28.1 Å². The molecule has 154 valence electrons. The number of anilines is 1. The molecule has 0 aliphatic heterocycles. The molecule has 0 saturated heterocycles. The largest absolute Gasteiger partial charge is 0.355 e. The van der Waals surface area contributed by atoms with Gasteiger partial charge >= 0.3 is 0 Å². The number of amides is 3. The van der Waals surface area contributed by atoms with E-state index in [-0.39, 0.29) is 30.8 Å². The summed E-state index contributed by atoms with van der Waals surface area (Å²) in [5.41, 5.74) is 3.45. The van der Waals surface area contributed by atoms with E-state index in [1.807, 2.05) is 50.4 Å². The lowest BCUT2D eigenvalue weighted by atomic mass is 10.1. The van der Waals surface area contributed by atoms with Gasteiger partial charge in [-0.3, -0.25) is 14.4 Å². The molecule has 0 aliphatic rings. The van der Waals surface area contributed by atoms with Gasteiger partial charge in [0.05, 0.1) is 13.6 Å². The molecule has 4 N–H and O–H groups in total. The smallest absolute Gasteiger partial charge is 0.275 e. The van der Waals surface area contributed by atoms with Gasteiger partial charge in [-0.05, 0) is 30.2 Å². The van der Waals surface area contributed by atoms with E-state index in [9.17, 15) is 14.4 Å². The number of carbonyl (C=O) groups is 3. The Morgan fingerprint density at radius 2 is 1.66 bits per heavy atom. The number of likely N-dealkylation sites (N-methyl/N-ethyl adjacent to an activating group) is 1. The molecule has 2 aromatic carbocycles. The van der Waals surface area contributed by atoms with Crippen LogP contribution in [-0.2, 0) is 22.6 Å². The molecule has 1 atom stereocenters. The summed E-state index contributed by atoms with van der Waals surface area (Å²) < 4.78 is 0. The summed E-state index contributed by atoms with van der Waals surface area (Å²) in [5, 5.41) is 8.08. The number of aryl methyl sites for hydroxylation is 1. The van der Waals surface area contributed by atoms with Crippen LogP contribution in [0.25, 0.3) is 0 Å².